The number of nitrogens with zero attached hydrogens (tertiary/aromatic N) is 1. The maximum atomic E-state index is 10.1. The predicted molar refractivity (Wildman–Crippen MR) is 70.2 cm³/mol. The molecule has 0 amide bonds. The van der Waals surface area contributed by atoms with Crippen LogP contribution in [0.1, 0.15) is 46.5 Å². The molecule has 1 fully saturated rings. The number of hydrogen-bond acceptors (Lipinski definition) is 6. The van der Waals surface area contributed by atoms with E-state index in [-0.39, 0.29) is 5.41 Å². The van der Waals surface area contributed by atoms with Crippen LogP contribution in [-0.4, -0.2) is 24.8 Å². The first-order chi connectivity index (χ1) is 8.80. The molecule has 0 aromatic heterocycles. The molecule has 0 radical (unpaired) electrons. The van der Waals surface area contributed by atoms with E-state index >= 15 is 0 Å². The Morgan fingerprint density at radius 1 is 1.05 bits per heavy atom. The van der Waals surface area contributed by atoms with E-state index in [2.05, 4.69) is 25.8 Å². The Morgan fingerprint density at radius 2 is 1.53 bits per heavy atom. The van der Waals surface area contributed by atoms with Crippen molar-refractivity contribution in [2.75, 3.05) is 6.54 Å². The Labute approximate surface area is 113 Å². The summed E-state index contributed by atoms with van der Waals surface area (Å²) in [4.78, 5) is 30.5. The van der Waals surface area contributed by atoms with Gasteiger partial charge in [0, 0.05) is 0 Å². The van der Waals surface area contributed by atoms with Crippen LogP contribution in [0.2, 0.25) is 0 Å². The Morgan fingerprint density at radius 3 is 1.89 bits per heavy atom. The van der Waals surface area contributed by atoms with Gasteiger partial charge in [0.05, 0.1) is 6.54 Å². The fourth-order valence-corrected chi connectivity index (χ4v) is 2.68. The first-order valence-electron chi connectivity index (χ1n) is 5.92. The van der Waals surface area contributed by atoms with Gasteiger partial charge in [-0.2, -0.15) is 0 Å². The molecule has 1 aliphatic carbocycles. The van der Waals surface area contributed by atoms with E-state index in [1.165, 1.54) is 25.7 Å². The summed E-state index contributed by atoms with van der Waals surface area (Å²) in [5, 5.41) is 10.8. The SMILES string of the molecule is CC1(C)CCCC(C)(CN=C=O)C1.N=C=O.N=C=O. The second kappa shape index (κ2) is 10.1. The van der Waals surface area contributed by atoms with Crippen LogP contribution < -0.4 is 0 Å². The van der Waals surface area contributed by atoms with Gasteiger partial charge >= 0.3 is 0 Å². The third-order valence-corrected chi connectivity index (χ3v) is 3.06. The van der Waals surface area contributed by atoms with E-state index in [9.17, 15) is 4.79 Å². The van der Waals surface area contributed by atoms with Gasteiger partial charge in [-0.05, 0) is 30.1 Å². The van der Waals surface area contributed by atoms with Crippen molar-refractivity contribution in [2.45, 2.75) is 46.5 Å². The molecule has 0 heterocycles. The molecule has 1 saturated carbocycles. The molecule has 6 heteroatoms. The van der Waals surface area contributed by atoms with Gasteiger partial charge < -0.3 is 0 Å². The quantitative estimate of drug-likeness (QED) is 0.592. The van der Waals surface area contributed by atoms with E-state index in [1.54, 1.807) is 6.08 Å². The monoisotopic (exact) mass is 267 g/mol. The zero-order chi connectivity index (χ0) is 15.4. The molecule has 19 heavy (non-hydrogen) atoms. The number of nitrogens with one attached hydrogen (secondary N) is 2. The maximum absolute atomic E-state index is 10.1. The highest BCUT2D eigenvalue weighted by atomic mass is 16.1. The number of hydrogen-bond donors (Lipinski definition) is 2. The van der Waals surface area contributed by atoms with E-state index in [1.807, 2.05) is 0 Å². The lowest BCUT2D eigenvalue weighted by Gasteiger charge is -2.41. The van der Waals surface area contributed by atoms with Gasteiger partial charge in [-0.3, -0.25) is 0 Å². The minimum atomic E-state index is 0.235. The molecule has 6 nitrogen and oxygen atoms in total. The molecule has 1 unspecified atom stereocenters. The number of carbonyl (C=O) groups excluding carboxylic acids is 3. The number of isocyanates is 3. The third-order valence-electron chi connectivity index (χ3n) is 3.06. The minimum absolute atomic E-state index is 0.235. The maximum Gasteiger partial charge on any atom is 0.234 e. The van der Waals surface area contributed by atoms with Crippen molar-refractivity contribution in [3.8, 4) is 0 Å². The van der Waals surface area contributed by atoms with Crippen LogP contribution in [0.25, 0.3) is 0 Å². The molecule has 0 aromatic carbocycles. The lowest BCUT2D eigenvalue weighted by molar-refractivity contribution is 0.107. The van der Waals surface area contributed by atoms with Gasteiger partial charge in [-0.1, -0.05) is 27.2 Å². The number of aliphatic imine (C=N–C) groups is 1. The summed E-state index contributed by atoms with van der Waals surface area (Å²) in [6, 6.07) is 0. The summed E-state index contributed by atoms with van der Waals surface area (Å²) < 4.78 is 0. The molecule has 106 valence electrons. The van der Waals surface area contributed by atoms with Crippen LogP contribution in [0.3, 0.4) is 0 Å². The summed E-state index contributed by atoms with van der Waals surface area (Å²) in [5.41, 5.74) is 0.657. The van der Waals surface area contributed by atoms with Crippen molar-refractivity contribution >= 4 is 18.2 Å². The highest BCUT2D eigenvalue weighted by Crippen LogP contribution is 2.45. The van der Waals surface area contributed by atoms with Crippen molar-refractivity contribution in [1.82, 2.24) is 0 Å². The standard InChI is InChI=1S/C11H19NO.2CHNO/c1-10(2)5-4-6-11(3,7-10)8-12-9-13;2*2-1-3/h4-8H2,1-3H3;2*2H. The highest BCUT2D eigenvalue weighted by Gasteiger charge is 2.36. The first-order valence-corrected chi connectivity index (χ1v) is 5.92. The van der Waals surface area contributed by atoms with Gasteiger partial charge in [0.25, 0.3) is 0 Å². The molecule has 1 rings (SSSR count). The van der Waals surface area contributed by atoms with Gasteiger partial charge in [0.2, 0.25) is 18.2 Å². The molecule has 0 aliphatic heterocycles. The molecule has 0 bridgehead atoms. The summed E-state index contributed by atoms with van der Waals surface area (Å²) in [5.74, 6) is 0. The summed E-state index contributed by atoms with van der Waals surface area (Å²) in [6.07, 6.45) is 8.07. The van der Waals surface area contributed by atoms with Crippen LogP contribution >= 0.6 is 0 Å². The summed E-state index contributed by atoms with van der Waals surface area (Å²) >= 11 is 0. The van der Waals surface area contributed by atoms with E-state index in [0.717, 1.165) is 12.2 Å². The van der Waals surface area contributed by atoms with Crippen LogP contribution in [0.15, 0.2) is 4.99 Å². The van der Waals surface area contributed by atoms with E-state index in [4.69, 9.17) is 20.4 Å². The molecule has 2 N–H and O–H groups in total. The van der Waals surface area contributed by atoms with Gasteiger partial charge in [0.15, 0.2) is 0 Å². The smallest absolute Gasteiger partial charge is 0.222 e. The molecule has 1 atom stereocenters. The summed E-state index contributed by atoms with van der Waals surface area (Å²) in [7, 11) is 0. The fourth-order valence-electron chi connectivity index (χ4n) is 2.68. The first kappa shape index (κ1) is 19.5. The van der Waals surface area contributed by atoms with Crippen LogP contribution in [0, 0.1) is 21.6 Å². The summed E-state index contributed by atoms with van der Waals surface area (Å²) in [6.45, 7) is 7.48. The highest BCUT2D eigenvalue weighted by molar-refractivity contribution is 5.33. The lowest BCUT2D eigenvalue weighted by Crippen LogP contribution is -2.32. The van der Waals surface area contributed by atoms with Gasteiger partial charge in [-0.15, -0.1) is 0 Å². The minimum Gasteiger partial charge on any atom is -0.222 e. The van der Waals surface area contributed by atoms with Gasteiger partial charge in [-0.25, -0.2) is 30.2 Å². The van der Waals surface area contributed by atoms with E-state index in [0.29, 0.717) is 12.0 Å². The number of rotatable bonds is 2. The molecular weight excluding hydrogens is 246 g/mol. The Bertz CT molecular complexity index is 363. The molecular formula is C13H21N3O3. The average Bonchev–Trinajstić information content (AvgIpc) is 2.27. The lowest BCUT2D eigenvalue weighted by atomic mass is 9.64. The Kier molecular flexibility index (Phi) is 10.4. The second-order valence-electron chi connectivity index (χ2n) is 5.62. The van der Waals surface area contributed by atoms with Gasteiger partial charge in [0.1, 0.15) is 0 Å². The van der Waals surface area contributed by atoms with Crippen molar-refractivity contribution < 1.29 is 14.4 Å². The Balaban J connectivity index is 0. The largest absolute Gasteiger partial charge is 0.234 e. The fraction of sp³-hybridized carbons (Fsp3) is 0.769. The van der Waals surface area contributed by atoms with Crippen molar-refractivity contribution in [3.63, 3.8) is 0 Å². The van der Waals surface area contributed by atoms with Crippen molar-refractivity contribution in [2.24, 2.45) is 15.8 Å². The molecule has 1 aliphatic rings. The molecule has 0 spiro atoms. The van der Waals surface area contributed by atoms with E-state index < -0.39 is 0 Å². The van der Waals surface area contributed by atoms with Crippen LogP contribution in [-0.2, 0) is 14.4 Å². The normalized spacial score (nSPS) is 22.9. The van der Waals surface area contributed by atoms with Crippen LogP contribution in [0.5, 0.6) is 0 Å². The topological polar surface area (TPSA) is 111 Å². The van der Waals surface area contributed by atoms with Crippen molar-refractivity contribution in [3.05, 3.63) is 0 Å². The molecule has 0 aromatic rings. The zero-order valence-electron chi connectivity index (χ0n) is 11.7. The molecule has 0 saturated heterocycles. The average molecular weight is 267 g/mol. The predicted octanol–water partition coefficient (Wildman–Crippen LogP) is 2.73. The zero-order valence-corrected chi connectivity index (χ0v) is 11.7. The van der Waals surface area contributed by atoms with Crippen molar-refractivity contribution in [1.29, 1.82) is 10.8 Å². The third kappa shape index (κ3) is 11.0. The second-order valence-corrected chi connectivity index (χ2v) is 5.62. The van der Waals surface area contributed by atoms with Crippen LogP contribution in [0.4, 0.5) is 0 Å². The Hall–Kier alpha value is -1.86.